The van der Waals surface area contributed by atoms with Gasteiger partial charge in [0.05, 0.1) is 0 Å². The van der Waals surface area contributed by atoms with Crippen molar-refractivity contribution in [3.05, 3.63) is 34.9 Å². The zero-order chi connectivity index (χ0) is 13.6. The summed E-state index contributed by atoms with van der Waals surface area (Å²) in [4.78, 5) is 0. The zero-order valence-electron chi connectivity index (χ0n) is 9.51. The Bertz CT molecular complexity index is 351. The van der Waals surface area contributed by atoms with Crippen LogP contribution in [0.2, 0.25) is 5.02 Å². The standard InChI is InChI=1S/C12H13Cl2F3S/c13-8-10(5-6-18-12(15,16)17)7-9-1-3-11(14)4-2-9/h1-4,10H,5-8H2. The summed E-state index contributed by atoms with van der Waals surface area (Å²) < 4.78 is 36.0. The van der Waals surface area contributed by atoms with Crippen LogP contribution in [0.5, 0.6) is 0 Å². The van der Waals surface area contributed by atoms with Crippen LogP contribution in [-0.2, 0) is 6.42 Å². The molecule has 0 N–H and O–H groups in total. The molecule has 1 unspecified atom stereocenters. The van der Waals surface area contributed by atoms with Crippen LogP contribution in [0.4, 0.5) is 13.2 Å². The molecule has 0 amide bonds. The van der Waals surface area contributed by atoms with Crippen molar-refractivity contribution in [1.29, 1.82) is 0 Å². The summed E-state index contributed by atoms with van der Waals surface area (Å²) in [5.41, 5.74) is -3.11. The van der Waals surface area contributed by atoms with Gasteiger partial charge in [0.25, 0.3) is 0 Å². The molecule has 1 aromatic rings. The molecular weight excluding hydrogens is 304 g/mol. The van der Waals surface area contributed by atoms with Gasteiger partial charge in [-0.05, 0) is 36.5 Å². The van der Waals surface area contributed by atoms with E-state index in [1.165, 1.54) is 0 Å². The van der Waals surface area contributed by atoms with E-state index in [0.717, 1.165) is 5.56 Å². The number of benzene rings is 1. The molecule has 1 rings (SSSR count). The molecule has 18 heavy (non-hydrogen) atoms. The molecule has 0 saturated carbocycles. The van der Waals surface area contributed by atoms with Crippen LogP contribution in [0.3, 0.4) is 0 Å². The van der Waals surface area contributed by atoms with Crippen molar-refractivity contribution in [3.63, 3.8) is 0 Å². The second kappa shape index (κ2) is 7.51. The van der Waals surface area contributed by atoms with Gasteiger partial charge >= 0.3 is 5.51 Å². The third kappa shape index (κ3) is 6.76. The maximum atomic E-state index is 12.0. The molecule has 1 atom stereocenters. The molecule has 0 fully saturated rings. The summed E-state index contributed by atoms with van der Waals surface area (Å²) in [6, 6.07) is 7.29. The molecule has 102 valence electrons. The summed E-state index contributed by atoms with van der Waals surface area (Å²) >= 11 is 11.6. The Balaban J connectivity index is 2.40. The van der Waals surface area contributed by atoms with Gasteiger partial charge in [0, 0.05) is 16.7 Å². The van der Waals surface area contributed by atoms with Crippen LogP contribution in [0.25, 0.3) is 0 Å². The number of hydrogen-bond donors (Lipinski definition) is 0. The van der Waals surface area contributed by atoms with Crippen molar-refractivity contribution in [2.24, 2.45) is 5.92 Å². The van der Waals surface area contributed by atoms with Gasteiger partial charge in [-0.2, -0.15) is 13.2 Å². The lowest BCUT2D eigenvalue weighted by atomic mass is 9.99. The van der Waals surface area contributed by atoms with E-state index < -0.39 is 5.51 Å². The zero-order valence-corrected chi connectivity index (χ0v) is 11.8. The smallest absolute Gasteiger partial charge is 0.160 e. The first-order valence-corrected chi connectivity index (χ1v) is 7.31. The number of halogens is 5. The molecule has 6 heteroatoms. The maximum Gasteiger partial charge on any atom is 0.441 e. The van der Waals surface area contributed by atoms with Gasteiger partial charge in [-0.1, -0.05) is 35.5 Å². The van der Waals surface area contributed by atoms with E-state index >= 15 is 0 Å². The lowest BCUT2D eigenvalue weighted by Crippen LogP contribution is -2.10. The molecule has 0 spiro atoms. The fourth-order valence-corrected chi connectivity index (χ4v) is 2.60. The van der Waals surface area contributed by atoms with E-state index in [1.807, 2.05) is 12.1 Å². The molecular formula is C12H13Cl2F3S. The first-order valence-electron chi connectivity index (χ1n) is 5.42. The topological polar surface area (TPSA) is 0 Å². The molecule has 0 aliphatic carbocycles. The van der Waals surface area contributed by atoms with Crippen molar-refractivity contribution < 1.29 is 13.2 Å². The number of alkyl halides is 4. The largest absolute Gasteiger partial charge is 0.441 e. The second-order valence-corrected chi connectivity index (χ2v) is 5.84. The van der Waals surface area contributed by atoms with E-state index in [0.29, 0.717) is 23.7 Å². The molecule has 1 aromatic carbocycles. The third-order valence-corrected chi connectivity index (χ3v) is 3.90. The van der Waals surface area contributed by atoms with Crippen molar-refractivity contribution >= 4 is 35.0 Å². The van der Waals surface area contributed by atoms with E-state index in [4.69, 9.17) is 23.2 Å². The van der Waals surface area contributed by atoms with Gasteiger partial charge in [-0.25, -0.2) is 0 Å². The highest BCUT2D eigenvalue weighted by atomic mass is 35.5. The van der Waals surface area contributed by atoms with Crippen LogP contribution in [0.15, 0.2) is 24.3 Å². The minimum absolute atomic E-state index is 0.0105. The van der Waals surface area contributed by atoms with E-state index in [-0.39, 0.29) is 23.4 Å². The number of thioether (sulfide) groups is 1. The Labute approximate surface area is 119 Å². The van der Waals surface area contributed by atoms with Crippen LogP contribution in [-0.4, -0.2) is 17.1 Å². The molecule has 0 bridgehead atoms. The maximum absolute atomic E-state index is 12.0. The molecule has 0 radical (unpaired) electrons. The number of hydrogen-bond acceptors (Lipinski definition) is 1. The fraction of sp³-hybridized carbons (Fsp3) is 0.500. The van der Waals surface area contributed by atoms with Gasteiger partial charge in [0.2, 0.25) is 0 Å². The monoisotopic (exact) mass is 316 g/mol. The predicted molar refractivity (Wildman–Crippen MR) is 72.5 cm³/mol. The van der Waals surface area contributed by atoms with Gasteiger partial charge in [-0.3, -0.25) is 0 Å². The molecule has 0 heterocycles. The van der Waals surface area contributed by atoms with Gasteiger partial charge < -0.3 is 0 Å². The average Bonchev–Trinajstić information content (AvgIpc) is 2.29. The average molecular weight is 317 g/mol. The van der Waals surface area contributed by atoms with Crippen molar-refractivity contribution in [3.8, 4) is 0 Å². The fourth-order valence-electron chi connectivity index (χ4n) is 1.53. The Hall–Kier alpha value is -0.0600. The quantitative estimate of drug-likeness (QED) is 0.635. The molecule has 0 aliphatic heterocycles. The van der Waals surface area contributed by atoms with Crippen molar-refractivity contribution in [1.82, 2.24) is 0 Å². The summed E-state index contributed by atoms with van der Waals surface area (Å²) in [5.74, 6) is 0.470. The van der Waals surface area contributed by atoms with Crippen LogP contribution >= 0.6 is 35.0 Å². The highest BCUT2D eigenvalue weighted by Crippen LogP contribution is 2.31. The van der Waals surface area contributed by atoms with Crippen molar-refractivity contribution in [2.45, 2.75) is 18.3 Å². The molecule has 0 aromatic heterocycles. The Kier molecular flexibility index (Phi) is 6.67. The SMILES string of the molecule is FC(F)(F)SCCC(CCl)Cc1ccc(Cl)cc1. The Morgan fingerprint density at radius 2 is 1.78 bits per heavy atom. The molecule has 0 saturated heterocycles. The summed E-state index contributed by atoms with van der Waals surface area (Å²) in [7, 11) is 0. The van der Waals surface area contributed by atoms with Crippen molar-refractivity contribution in [2.75, 3.05) is 11.6 Å². The molecule has 0 nitrogen and oxygen atoms in total. The van der Waals surface area contributed by atoms with Crippen LogP contribution in [0.1, 0.15) is 12.0 Å². The Morgan fingerprint density at radius 1 is 1.17 bits per heavy atom. The number of rotatable bonds is 6. The first kappa shape index (κ1) is 16.0. The van der Waals surface area contributed by atoms with Gasteiger partial charge in [0.1, 0.15) is 0 Å². The van der Waals surface area contributed by atoms with E-state index in [9.17, 15) is 13.2 Å². The second-order valence-electron chi connectivity index (χ2n) is 3.93. The first-order chi connectivity index (χ1) is 8.40. The van der Waals surface area contributed by atoms with E-state index in [1.54, 1.807) is 12.1 Å². The highest BCUT2D eigenvalue weighted by molar-refractivity contribution is 8.00. The summed E-state index contributed by atoms with van der Waals surface area (Å²) in [5, 5.41) is 0.647. The molecule has 0 aliphatic rings. The summed E-state index contributed by atoms with van der Waals surface area (Å²) in [6.45, 7) is 0. The lowest BCUT2D eigenvalue weighted by Gasteiger charge is -2.14. The highest BCUT2D eigenvalue weighted by Gasteiger charge is 2.27. The minimum atomic E-state index is -4.16. The third-order valence-electron chi connectivity index (χ3n) is 2.45. The summed E-state index contributed by atoms with van der Waals surface area (Å²) in [6.07, 6.45) is 1.13. The Morgan fingerprint density at radius 3 is 2.28 bits per heavy atom. The normalized spacial score (nSPS) is 13.6. The minimum Gasteiger partial charge on any atom is -0.160 e. The van der Waals surface area contributed by atoms with Gasteiger partial charge in [-0.15, -0.1) is 11.6 Å². The van der Waals surface area contributed by atoms with Crippen LogP contribution < -0.4 is 0 Å². The van der Waals surface area contributed by atoms with E-state index in [2.05, 4.69) is 0 Å². The lowest BCUT2D eigenvalue weighted by molar-refractivity contribution is -0.0328. The van der Waals surface area contributed by atoms with Gasteiger partial charge in [0.15, 0.2) is 0 Å². The van der Waals surface area contributed by atoms with Crippen LogP contribution in [0, 0.1) is 5.92 Å². The predicted octanol–water partition coefficient (Wildman–Crippen LogP) is 5.38.